The zero-order valence-corrected chi connectivity index (χ0v) is 7.74. The molecule has 0 spiro atoms. The molecule has 2 heterocycles. The molecule has 1 saturated heterocycles. The maximum atomic E-state index is 11.1. The van der Waals surface area contributed by atoms with Gasteiger partial charge in [0.1, 0.15) is 6.34 Å². The molecule has 6 nitrogen and oxygen atoms in total. The van der Waals surface area contributed by atoms with Crippen LogP contribution >= 0.6 is 0 Å². The van der Waals surface area contributed by atoms with Crippen molar-refractivity contribution in [3.05, 3.63) is 0 Å². The van der Waals surface area contributed by atoms with Crippen LogP contribution in [0.15, 0.2) is 15.2 Å². The minimum absolute atomic E-state index is 0.0239. The molecule has 0 aromatic carbocycles. The van der Waals surface area contributed by atoms with Crippen LogP contribution in [0.5, 0.6) is 0 Å². The van der Waals surface area contributed by atoms with Crippen LogP contribution in [0.1, 0.15) is 6.42 Å². The molecule has 0 aromatic rings. The largest absolute Gasteiger partial charge is 0.272 e. The van der Waals surface area contributed by atoms with Crippen LogP contribution in [-0.2, 0) is 9.84 Å². The molecule has 0 saturated carbocycles. The molecule has 13 heavy (non-hydrogen) atoms. The molecule has 72 valence electrons. The van der Waals surface area contributed by atoms with Crippen molar-refractivity contribution in [3.8, 4) is 0 Å². The van der Waals surface area contributed by atoms with E-state index >= 15 is 0 Å². The molecule has 1 N–H and O–H groups in total. The third kappa shape index (κ3) is 2.10. The van der Waals surface area contributed by atoms with Crippen LogP contribution in [0.25, 0.3) is 0 Å². The average molecular weight is 202 g/mol. The van der Waals surface area contributed by atoms with Gasteiger partial charge in [0.15, 0.2) is 9.84 Å². The SMILES string of the molecule is O=S1(=O)CC[C@@H](N[C@@H]2N=CN=N2)C1. The number of nitrogens with zero attached hydrogens (tertiary/aromatic N) is 3. The van der Waals surface area contributed by atoms with E-state index in [0.29, 0.717) is 6.42 Å². The Morgan fingerprint density at radius 1 is 1.46 bits per heavy atom. The lowest BCUT2D eigenvalue weighted by Crippen LogP contribution is -2.36. The summed E-state index contributed by atoms with van der Waals surface area (Å²) in [6, 6.07) is -0.0239. The van der Waals surface area contributed by atoms with Gasteiger partial charge < -0.3 is 0 Å². The summed E-state index contributed by atoms with van der Waals surface area (Å²) in [5.41, 5.74) is 0. The number of nitrogens with one attached hydrogen (secondary N) is 1. The Morgan fingerprint density at radius 3 is 2.85 bits per heavy atom. The van der Waals surface area contributed by atoms with Gasteiger partial charge in [-0.1, -0.05) is 0 Å². The van der Waals surface area contributed by atoms with Crippen molar-refractivity contribution < 1.29 is 8.42 Å². The van der Waals surface area contributed by atoms with Gasteiger partial charge in [-0.05, 0) is 6.42 Å². The van der Waals surface area contributed by atoms with E-state index in [1.54, 1.807) is 0 Å². The van der Waals surface area contributed by atoms with Crippen molar-refractivity contribution in [2.75, 3.05) is 11.5 Å². The van der Waals surface area contributed by atoms with Gasteiger partial charge in [-0.15, -0.1) is 10.2 Å². The minimum atomic E-state index is -2.82. The lowest BCUT2D eigenvalue weighted by molar-refractivity contribution is 0.470. The Kier molecular flexibility index (Phi) is 2.12. The van der Waals surface area contributed by atoms with E-state index in [9.17, 15) is 8.42 Å². The Morgan fingerprint density at radius 2 is 2.31 bits per heavy atom. The molecule has 2 aliphatic rings. The van der Waals surface area contributed by atoms with Gasteiger partial charge in [-0.3, -0.25) is 5.32 Å². The highest BCUT2D eigenvalue weighted by atomic mass is 32.2. The molecule has 0 aromatic heterocycles. The first-order chi connectivity index (χ1) is 6.16. The van der Waals surface area contributed by atoms with Crippen molar-refractivity contribution in [2.24, 2.45) is 15.2 Å². The predicted molar refractivity (Wildman–Crippen MR) is 47.3 cm³/mol. The fraction of sp³-hybridized carbons (Fsp3) is 0.833. The Labute approximate surface area is 76.1 Å². The standard InChI is InChI=1S/C6H10N4O2S/c11-13(12)2-1-5(3-13)9-6-7-4-8-10-6/h4-6,9H,1-3H2/t5-,6+/m1/s1. The lowest BCUT2D eigenvalue weighted by Gasteiger charge is -2.11. The first kappa shape index (κ1) is 8.76. The summed E-state index contributed by atoms with van der Waals surface area (Å²) in [7, 11) is -2.82. The number of hydrogen-bond donors (Lipinski definition) is 1. The summed E-state index contributed by atoms with van der Waals surface area (Å²) in [4.78, 5) is 3.88. The molecule has 0 unspecified atom stereocenters. The first-order valence-corrected chi connectivity index (χ1v) is 5.86. The van der Waals surface area contributed by atoms with E-state index in [-0.39, 0.29) is 23.8 Å². The number of sulfone groups is 1. The molecule has 7 heteroatoms. The van der Waals surface area contributed by atoms with Crippen LogP contribution in [0.4, 0.5) is 0 Å². The normalized spacial score (nSPS) is 35.7. The van der Waals surface area contributed by atoms with E-state index in [0.717, 1.165) is 0 Å². The Balaban J connectivity index is 1.91. The maximum Gasteiger partial charge on any atom is 0.215 e. The quantitative estimate of drug-likeness (QED) is 0.657. The zero-order chi connectivity index (χ0) is 9.31. The first-order valence-electron chi connectivity index (χ1n) is 4.04. The zero-order valence-electron chi connectivity index (χ0n) is 6.92. The van der Waals surface area contributed by atoms with Crippen LogP contribution in [-0.4, -0.2) is 38.6 Å². The summed E-state index contributed by atoms with van der Waals surface area (Å²) in [6.07, 6.45) is 1.63. The number of rotatable bonds is 2. The van der Waals surface area contributed by atoms with E-state index in [4.69, 9.17) is 0 Å². The summed E-state index contributed by atoms with van der Waals surface area (Å²) in [6.45, 7) is 0. The van der Waals surface area contributed by atoms with Crippen molar-refractivity contribution >= 4 is 16.2 Å². The molecule has 0 bridgehead atoms. The van der Waals surface area contributed by atoms with Gasteiger partial charge >= 0.3 is 0 Å². The van der Waals surface area contributed by atoms with Crippen LogP contribution in [0.2, 0.25) is 0 Å². The van der Waals surface area contributed by atoms with Crippen molar-refractivity contribution in [3.63, 3.8) is 0 Å². The fourth-order valence-electron chi connectivity index (χ4n) is 1.43. The van der Waals surface area contributed by atoms with Gasteiger partial charge in [-0.25, -0.2) is 13.4 Å². The number of aliphatic imine (C=N–C) groups is 1. The van der Waals surface area contributed by atoms with Gasteiger partial charge in [0.25, 0.3) is 0 Å². The molecule has 2 aliphatic heterocycles. The smallest absolute Gasteiger partial charge is 0.215 e. The van der Waals surface area contributed by atoms with Crippen LogP contribution < -0.4 is 5.32 Å². The third-order valence-electron chi connectivity index (χ3n) is 2.05. The minimum Gasteiger partial charge on any atom is -0.272 e. The Hall–Kier alpha value is -0.820. The average Bonchev–Trinajstić information content (AvgIpc) is 2.61. The molecule has 0 amide bonds. The van der Waals surface area contributed by atoms with E-state index < -0.39 is 9.84 Å². The van der Waals surface area contributed by atoms with E-state index in [2.05, 4.69) is 20.5 Å². The summed E-state index contributed by atoms with van der Waals surface area (Å²) < 4.78 is 22.2. The second kappa shape index (κ2) is 3.15. The summed E-state index contributed by atoms with van der Waals surface area (Å²) in [5, 5.41) is 10.3. The predicted octanol–water partition coefficient (Wildman–Crippen LogP) is -0.459. The second-order valence-corrected chi connectivity index (χ2v) is 5.36. The molecule has 0 radical (unpaired) electrons. The fourth-order valence-corrected chi connectivity index (χ4v) is 3.12. The second-order valence-electron chi connectivity index (χ2n) is 3.14. The van der Waals surface area contributed by atoms with Gasteiger partial charge in [0, 0.05) is 6.04 Å². The molecule has 2 atom stereocenters. The van der Waals surface area contributed by atoms with Gasteiger partial charge in [0.05, 0.1) is 11.5 Å². The van der Waals surface area contributed by atoms with Crippen molar-refractivity contribution in [1.29, 1.82) is 0 Å². The number of hydrogen-bond acceptors (Lipinski definition) is 6. The summed E-state index contributed by atoms with van der Waals surface area (Å²) in [5.74, 6) is 0.451. The molecular formula is C6H10N4O2S. The number of azo groups is 1. The highest BCUT2D eigenvalue weighted by molar-refractivity contribution is 7.91. The van der Waals surface area contributed by atoms with Crippen molar-refractivity contribution in [2.45, 2.75) is 18.8 Å². The van der Waals surface area contributed by atoms with Crippen molar-refractivity contribution in [1.82, 2.24) is 5.32 Å². The lowest BCUT2D eigenvalue weighted by atomic mass is 10.3. The summed E-state index contributed by atoms with van der Waals surface area (Å²) >= 11 is 0. The molecule has 0 aliphatic carbocycles. The van der Waals surface area contributed by atoms with E-state index in [1.165, 1.54) is 6.34 Å². The van der Waals surface area contributed by atoms with Gasteiger partial charge in [-0.2, -0.15) is 0 Å². The van der Waals surface area contributed by atoms with Crippen LogP contribution in [0.3, 0.4) is 0 Å². The molecular weight excluding hydrogens is 192 g/mol. The highest BCUT2D eigenvalue weighted by Crippen LogP contribution is 2.12. The maximum absolute atomic E-state index is 11.1. The van der Waals surface area contributed by atoms with Gasteiger partial charge in [0.2, 0.25) is 6.29 Å². The Bertz CT molecular complexity index is 336. The monoisotopic (exact) mass is 202 g/mol. The molecule has 1 fully saturated rings. The van der Waals surface area contributed by atoms with Crippen LogP contribution in [0, 0.1) is 0 Å². The topological polar surface area (TPSA) is 83.2 Å². The molecule has 2 rings (SSSR count). The highest BCUT2D eigenvalue weighted by Gasteiger charge is 2.29. The van der Waals surface area contributed by atoms with E-state index in [1.807, 2.05) is 0 Å². The third-order valence-corrected chi connectivity index (χ3v) is 3.82.